The molecule has 0 unspecified atom stereocenters. The van der Waals surface area contributed by atoms with Crippen LogP contribution in [-0.2, 0) is 9.63 Å². The van der Waals surface area contributed by atoms with Crippen LogP contribution < -0.4 is 0 Å². The second-order valence-electron chi connectivity index (χ2n) is 3.58. The summed E-state index contributed by atoms with van der Waals surface area (Å²) >= 11 is 1.40. The molecule has 0 aliphatic carbocycles. The summed E-state index contributed by atoms with van der Waals surface area (Å²) in [6.07, 6.45) is 0. The van der Waals surface area contributed by atoms with Gasteiger partial charge in [0, 0.05) is 13.0 Å². The molecule has 2 aromatic heterocycles. The molecule has 0 saturated carbocycles. The summed E-state index contributed by atoms with van der Waals surface area (Å²) in [7, 11) is 0. The number of hydrogen-bond acceptors (Lipinski definition) is 7. The van der Waals surface area contributed by atoms with Crippen LogP contribution in [0.15, 0.2) is 33.2 Å². The van der Waals surface area contributed by atoms with Crippen LogP contribution in [0.5, 0.6) is 0 Å². The molecule has 0 aliphatic heterocycles. The Morgan fingerprint density at radius 1 is 1.50 bits per heavy atom. The van der Waals surface area contributed by atoms with Gasteiger partial charge in [0.2, 0.25) is 5.71 Å². The molecule has 0 fully saturated rings. The topological polar surface area (TPSA) is 99.4 Å². The fourth-order valence-electron chi connectivity index (χ4n) is 1.41. The van der Waals surface area contributed by atoms with Crippen LogP contribution in [0.4, 0.5) is 0 Å². The first-order valence-electron chi connectivity index (χ1n) is 5.39. The van der Waals surface area contributed by atoms with Crippen LogP contribution >= 0.6 is 11.3 Å². The largest absolute Gasteiger partial charge is 0.451 e. The van der Waals surface area contributed by atoms with Crippen LogP contribution in [0.1, 0.15) is 18.2 Å². The fraction of sp³-hybridized carbons (Fsp3) is 0.0769. The van der Waals surface area contributed by atoms with E-state index in [1.165, 1.54) is 24.3 Å². The lowest BCUT2D eigenvalue weighted by atomic mass is 10.2. The van der Waals surface area contributed by atoms with Gasteiger partial charge in [-0.05, 0) is 11.4 Å². The zero-order valence-electron chi connectivity index (χ0n) is 10.3. The van der Waals surface area contributed by atoms with E-state index < -0.39 is 5.97 Å². The highest BCUT2D eigenvalue weighted by Crippen LogP contribution is 2.30. The minimum Gasteiger partial charge on any atom is -0.451 e. The maximum atomic E-state index is 10.7. The molecule has 0 aliphatic rings. The van der Waals surface area contributed by atoms with E-state index in [9.17, 15) is 4.79 Å². The van der Waals surface area contributed by atoms with Gasteiger partial charge in [-0.2, -0.15) is 10.5 Å². The number of rotatable bonds is 3. The van der Waals surface area contributed by atoms with Crippen molar-refractivity contribution in [3.8, 4) is 22.8 Å². The van der Waals surface area contributed by atoms with E-state index >= 15 is 0 Å². The van der Waals surface area contributed by atoms with E-state index in [2.05, 4.69) is 9.99 Å². The molecule has 0 saturated heterocycles. The third-order valence-corrected chi connectivity index (χ3v) is 3.07. The molecule has 0 atom stereocenters. The molecule has 0 aromatic carbocycles. The van der Waals surface area contributed by atoms with Crippen LogP contribution in [0.25, 0.3) is 10.6 Å². The van der Waals surface area contributed by atoms with Gasteiger partial charge < -0.3 is 9.25 Å². The number of oxime groups is 1. The summed E-state index contributed by atoms with van der Waals surface area (Å²) < 4.78 is 5.48. The van der Waals surface area contributed by atoms with Crippen molar-refractivity contribution in [2.45, 2.75) is 6.92 Å². The van der Waals surface area contributed by atoms with Gasteiger partial charge in [-0.3, -0.25) is 0 Å². The number of carbonyl (C=O) groups excluding carboxylic acids is 1. The lowest BCUT2D eigenvalue weighted by Gasteiger charge is -1.93. The van der Waals surface area contributed by atoms with Crippen molar-refractivity contribution in [1.29, 1.82) is 10.5 Å². The first kappa shape index (κ1) is 13.5. The Morgan fingerprint density at radius 3 is 2.85 bits per heavy atom. The lowest BCUT2D eigenvalue weighted by Crippen LogP contribution is -1.99. The smallest absolute Gasteiger partial charge is 0.332 e. The van der Waals surface area contributed by atoms with E-state index in [4.69, 9.17) is 14.9 Å². The molecule has 20 heavy (non-hydrogen) atoms. The van der Waals surface area contributed by atoms with Gasteiger partial charge in [-0.15, -0.1) is 11.3 Å². The predicted molar refractivity (Wildman–Crippen MR) is 70.7 cm³/mol. The average molecular weight is 285 g/mol. The molecule has 0 spiro atoms. The highest BCUT2D eigenvalue weighted by Gasteiger charge is 2.18. The van der Waals surface area contributed by atoms with Crippen molar-refractivity contribution in [3.05, 3.63) is 34.9 Å². The Bertz CT molecular complexity index is 745. The number of thiophene rings is 1. The van der Waals surface area contributed by atoms with Gasteiger partial charge in [0.1, 0.15) is 12.1 Å². The zero-order valence-corrected chi connectivity index (χ0v) is 11.1. The minimum atomic E-state index is -0.650. The van der Waals surface area contributed by atoms with E-state index in [1.54, 1.807) is 12.1 Å². The molecule has 98 valence electrons. The van der Waals surface area contributed by atoms with Gasteiger partial charge >= 0.3 is 5.97 Å². The summed E-state index contributed by atoms with van der Waals surface area (Å²) in [5.41, 5.74) is 0.0766. The average Bonchev–Trinajstić information content (AvgIpc) is 3.07. The summed E-state index contributed by atoms with van der Waals surface area (Å²) in [6, 6.07) is 8.75. The Kier molecular flexibility index (Phi) is 3.94. The summed E-state index contributed by atoms with van der Waals surface area (Å²) in [5.74, 6) is -0.208. The number of nitrogens with zero attached hydrogens (tertiary/aromatic N) is 3. The maximum absolute atomic E-state index is 10.7. The Balaban J connectivity index is 2.45. The normalized spacial score (nSPS) is 10.7. The van der Waals surface area contributed by atoms with Gasteiger partial charge in [0.05, 0.1) is 10.4 Å². The van der Waals surface area contributed by atoms with Crippen molar-refractivity contribution >= 4 is 23.0 Å². The standard InChI is InChI=1S/C13H7N3O3S/c1-8(17)19-16-10(7-15)11-5-9(6-14)13(18-11)12-3-2-4-20-12/h2-5H,1H3/b16-10+. The van der Waals surface area contributed by atoms with Gasteiger partial charge in [-0.25, -0.2) is 4.79 Å². The molecule has 2 heterocycles. The Labute approximate surface area is 118 Å². The van der Waals surface area contributed by atoms with Crippen LogP contribution in [0, 0.1) is 22.7 Å². The third-order valence-electron chi connectivity index (χ3n) is 2.20. The molecular formula is C13H7N3O3S. The highest BCUT2D eigenvalue weighted by atomic mass is 32.1. The Hall–Kier alpha value is -2.90. The lowest BCUT2D eigenvalue weighted by molar-refractivity contribution is -0.140. The highest BCUT2D eigenvalue weighted by molar-refractivity contribution is 7.13. The molecule has 2 aromatic rings. The van der Waals surface area contributed by atoms with Gasteiger partial charge in [-0.1, -0.05) is 11.2 Å². The summed E-state index contributed by atoms with van der Waals surface area (Å²) in [5, 5.41) is 23.3. The van der Waals surface area contributed by atoms with E-state index in [-0.39, 0.29) is 17.0 Å². The second kappa shape index (κ2) is 5.83. The molecule has 7 heteroatoms. The maximum Gasteiger partial charge on any atom is 0.332 e. The molecule has 0 radical (unpaired) electrons. The second-order valence-corrected chi connectivity index (χ2v) is 4.52. The first-order valence-corrected chi connectivity index (χ1v) is 6.27. The number of furan rings is 1. The van der Waals surface area contributed by atoms with Crippen LogP contribution in [0.3, 0.4) is 0 Å². The van der Waals surface area contributed by atoms with E-state index in [1.807, 2.05) is 17.5 Å². The van der Waals surface area contributed by atoms with Crippen molar-refractivity contribution in [2.24, 2.45) is 5.16 Å². The van der Waals surface area contributed by atoms with Crippen molar-refractivity contribution in [2.75, 3.05) is 0 Å². The number of nitriles is 2. The monoisotopic (exact) mass is 285 g/mol. The van der Waals surface area contributed by atoms with Crippen molar-refractivity contribution in [3.63, 3.8) is 0 Å². The third kappa shape index (κ3) is 2.74. The van der Waals surface area contributed by atoms with Crippen molar-refractivity contribution < 1.29 is 14.0 Å². The molecule has 0 amide bonds. The molecule has 0 N–H and O–H groups in total. The molecular weight excluding hydrogens is 278 g/mol. The number of hydrogen-bond donors (Lipinski definition) is 0. The predicted octanol–water partition coefficient (Wildman–Crippen LogP) is 2.67. The summed E-state index contributed by atoms with van der Waals surface area (Å²) in [4.78, 5) is 15.9. The fourth-order valence-corrected chi connectivity index (χ4v) is 2.13. The molecule has 0 bridgehead atoms. The Morgan fingerprint density at radius 2 is 2.30 bits per heavy atom. The van der Waals surface area contributed by atoms with E-state index in [0.29, 0.717) is 5.76 Å². The quantitative estimate of drug-likeness (QED) is 0.490. The molecule has 2 rings (SSSR count). The van der Waals surface area contributed by atoms with Gasteiger partial charge in [0.25, 0.3) is 0 Å². The zero-order chi connectivity index (χ0) is 14.5. The van der Waals surface area contributed by atoms with Crippen LogP contribution in [-0.4, -0.2) is 11.7 Å². The van der Waals surface area contributed by atoms with Gasteiger partial charge in [0.15, 0.2) is 11.5 Å². The summed E-state index contributed by atoms with van der Waals surface area (Å²) in [6.45, 7) is 1.17. The van der Waals surface area contributed by atoms with Crippen molar-refractivity contribution in [1.82, 2.24) is 0 Å². The van der Waals surface area contributed by atoms with E-state index in [0.717, 1.165) is 4.88 Å². The number of carbonyl (C=O) groups is 1. The van der Waals surface area contributed by atoms with Crippen LogP contribution in [0.2, 0.25) is 0 Å². The molecule has 6 nitrogen and oxygen atoms in total. The first-order chi connectivity index (χ1) is 9.65. The minimum absolute atomic E-state index is 0.0775. The SMILES string of the molecule is CC(=O)O/N=C(\C#N)c1cc(C#N)c(-c2cccs2)o1.